The fraction of sp³-hybridized carbons (Fsp3) is 0.500. The maximum atomic E-state index is 13.4. The number of nitrogens with zero attached hydrogens (tertiary/aromatic N) is 4. The van der Waals surface area contributed by atoms with Gasteiger partial charge in [-0.15, -0.1) is 0 Å². The van der Waals surface area contributed by atoms with Gasteiger partial charge in [-0.25, -0.2) is 0 Å². The molecule has 1 amide bonds. The number of hydrogen-bond acceptors (Lipinski definition) is 4. The Bertz CT molecular complexity index is 762. The molecule has 0 fully saturated rings. The molecule has 0 bridgehead atoms. The van der Waals surface area contributed by atoms with Crippen LogP contribution in [0.25, 0.3) is 0 Å². The zero-order valence-electron chi connectivity index (χ0n) is 14.5. The summed E-state index contributed by atoms with van der Waals surface area (Å²) in [5.74, 6) is -0.815. The second-order valence-corrected chi connectivity index (χ2v) is 6.58. The zero-order valence-corrected chi connectivity index (χ0v) is 14.5. The summed E-state index contributed by atoms with van der Waals surface area (Å²) in [4.78, 5) is 20.4. The number of nitrogens with one attached hydrogen (secondary N) is 1. The van der Waals surface area contributed by atoms with E-state index in [-0.39, 0.29) is 6.54 Å². The predicted molar refractivity (Wildman–Crippen MR) is 85.0 cm³/mol. The lowest BCUT2D eigenvalue weighted by Crippen LogP contribution is -2.32. The maximum absolute atomic E-state index is 13.4. The van der Waals surface area contributed by atoms with Crippen LogP contribution in [0.1, 0.15) is 48.2 Å². The average molecular weight is 355 g/mol. The van der Waals surface area contributed by atoms with E-state index in [1.54, 1.807) is 33.9 Å². The molecule has 0 saturated heterocycles. The summed E-state index contributed by atoms with van der Waals surface area (Å²) in [6, 6.07) is 0. The molecule has 9 heteroatoms. The van der Waals surface area contributed by atoms with E-state index in [4.69, 9.17) is 0 Å². The Balaban J connectivity index is 2.17. The van der Waals surface area contributed by atoms with Gasteiger partial charge in [-0.05, 0) is 27.7 Å². The summed E-state index contributed by atoms with van der Waals surface area (Å²) in [5.41, 5.74) is -1.04. The van der Waals surface area contributed by atoms with Crippen molar-refractivity contribution in [3.05, 3.63) is 41.2 Å². The molecule has 0 radical (unpaired) electrons. The molecule has 2 rings (SSSR count). The molecule has 2 aromatic heterocycles. The van der Waals surface area contributed by atoms with E-state index in [1.807, 2.05) is 0 Å². The fourth-order valence-electron chi connectivity index (χ4n) is 2.37. The van der Waals surface area contributed by atoms with Gasteiger partial charge in [0.25, 0.3) is 5.91 Å². The van der Waals surface area contributed by atoms with Crippen LogP contribution >= 0.6 is 0 Å². The van der Waals surface area contributed by atoms with E-state index in [2.05, 4.69) is 20.4 Å². The second kappa shape index (κ2) is 6.81. The van der Waals surface area contributed by atoms with Gasteiger partial charge >= 0.3 is 6.18 Å². The number of rotatable bonds is 4. The van der Waals surface area contributed by atoms with Gasteiger partial charge in [-0.1, -0.05) is 0 Å². The number of alkyl halides is 3. The first kappa shape index (κ1) is 18.9. The third kappa shape index (κ3) is 4.34. The van der Waals surface area contributed by atoms with Crippen LogP contribution in [0, 0.1) is 6.92 Å². The lowest BCUT2D eigenvalue weighted by molar-refractivity contribution is -0.146. The maximum Gasteiger partial charge on any atom is 0.433 e. The van der Waals surface area contributed by atoms with Crippen LogP contribution in [0.2, 0.25) is 0 Å². The number of aromatic nitrogens is 4. The summed E-state index contributed by atoms with van der Waals surface area (Å²) < 4.78 is 41.1. The molecule has 0 aliphatic heterocycles. The van der Waals surface area contributed by atoms with Crippen LogP contribution < -0.4 is 5.32 Å². The quantitative estimate of drug-likeness (QED) is 0.915. The topological polar surface area (TPSA) is 72.7 Å². The van der Waals surface area contributed by atoms with Crippen molar-refractivity contribution in [1.29, 1.82) is 0 Å². The number of carbonyl (C=O) groups is 1. The third-order valence-corrected chi connectivity index (χ3v) is 3.55. The largest absolute Gasteiger partial charge is 0.433 e. The lowest BCUT2D eigenvalue weighted by atomic mass is 10.1. The highest BCUT2D eigenvalue weighted by Gasteiger charge is 2.42. The first-order valence-corrected chi connectivity index (χ1v) is 7.72. The minimum atomic E-state index is -4.68. The van der Waals surface area contributed by atoms with Crippen molar-refractivity contribution >= 4 is 5.91 Å². The molecule has 136 valence electrons. The molecule has 6 nitrogen and oxygen atoms in total. The van der Waals surface area contributed by atoms with Gasteiger partial charge < -0.3 is 5.32 Å². The van der Waals surface area contributed by atoms with Gasteiger partial charge in [-0.2, -0.15) is 18.3 Å². The molecule has 0 saturated carbocycles. The highest BCUT2D eigenvalue weighted by Crippen LogP contribution is 2.34. The minimum Gasteiger partial charge on any atom is -0.352 e. The van der Waals surface area contributed by atoms with E-state index in [0.717, 1.165) is 10.9 Å². The Morgan fingerprint density at radius 1 is 1.20 bits per heavy atom. The van der Waals surface area contributed by atoms with Gasteiger partial charge in [0, 0.05) is 25.4 Å². The monoisotopic (exact) mass is 355 g/mol. The summed E-state index contributed by atoms with van der Waals surface area (Å²) in [7, 11) is 0. The highest BCUT2D eigenvalue weighted by molar-refractivity contribution is 5.95. The smallest absolute Gasteiger partial charge is 0.352 e. The first-order valence-electron chi connectivity index (χ1n) is 7.72. The fourth-order valence-corrected chi connectivity index (χ4v) is 2.37. The molecule has 0 aromatic carbocycles. The van der Waals surface area contributed by atoms with Crippen LogP contribution in [0.4, 0.5) is 13.2 Å². The molecule has 1 N–H and O–H groups in total. The number of halogens is 3. The van der Waals surface area contributed by atoms with Gasteiger partial charge in [0.15, 0.2) is 5.69 Å². The highest BCUT2D eigenvalue weighted by atomic mass is 19.4. The standard InChI is InChI=1S/C16H20F3N5O/c1-10-12(21-8-7-20-10)5-6-22-14(25)11-9-23-24(15(2,3)4)13(11)16(17,18)19/h7-9H,5-6H2,1-4H3,(H,22,25). The van der Waals surface area contributed by atoms with Gasteiger partial charge in [0.1, 0.15) is 0 Å². The minimum absolute atomic E-state index is 0.149. The van der Waals surface area contributed by atoms with Crippen molar-refractivity contribution in [2.45, 2.75) is 45.8 Å². The van der Waals surface area contributed by atoms with E-state index >= 15 is 0 Å². The van der Waals surface area contributed by atoms with Crippen molar-refractivity contribution in [1.82, 2.24) is 25.1 Å². The SMILES string of the molecule is Cc1nccnc1CCNC(=O)c1cnn(C(C)(C)C)c1C(F)(F)F. The van der Waals surface area contributed by atoms with E-state index in [0.29, 0.717) is 17.8 Å². The Morgan fingerprint density at radius 2 is 1.84 bits per heavy atom. The molecule has 2 aromatic rings. The summed E-state index contributed by atoms with van der Waals surface area (Å²) >= 11 is 0. The van der Waals surface area contributed by atoms with Crippen molar-refractivity contribution in [3.63, 3.8) is 0 Å². The molecular weight excluding hydrogens is 335 g/mol. The van der Waals surface area contributed by atoms with Gasteiger partial charge in [0.05, 0.1) is 28.7 Å². The molecular formula is C16H20F3N5O. The van der Waals surface area contributed by atoms with Gasteiger partial charge in [0.2, 0.25) is 0 Å². The Hall–Kier alpha value is -2.45. The second-order valence-electron chi connectivity index (χ2n) is 6.58. The first-order chi connectivity index (χ1) is 11.5. The molecule has 2 heterocycles. The normalized spacial score (nSPS) is 12.3. The van der Waals surface area contributed by atoms with Crippen molar-refractivity contribution < 1.29 is 18.0 Å². The zero-order chi connectivity index (χ0) is 18.8. The van der Waals surface area contributed by atoms with Crippen LogP contribution in [0.5, 0.6) is 0 Å². The number of aryl methyl sites for hydroxylation is 1. The molecule has 25 heavy (non-hydrogen) atoms. The summed E-state index contributed by atoms with van der Waals surface area (Å²) in [5, 5.41) is 6.26. The Kier molecular flexibility index (Phi) is 5.15. The number of amides is 1. The Morgan fingerprint density at radius 3 is 2.40 bits per heavy atom. The predicted octanol–water partition coefficient (Wildman–Crippen LogP) is 2.73. The van der Waals surface area contributed by atoms with Crippen LogP contribution in [-0.4, -0.2) is 32.2 Å². The Labute approximate surface area is 143 Å². The van der Waals surface area contributed by atoms with Crippen molar-refractivity contribution in [2.24, 2.45) is 0 Å². The van der Waals surface area contributed by atoms with Crippen LogP contribution in [0.3, 0.4) is 0 Å². The number of hydrogen-bond donors (Lipinski definition) is 1. The van der Waals surface area contributed by atoms with Crippen molar-refractivity contribution in [2.75, 3.05) is 6.54 Å². The van der Waals surface area contributed by atoms with Crippen LogP contribution in [0.15, 0.2) is 18.6 Å². The van der Waals surface area contributed by atoms with E-state index in [1.165, 1.54) is 6.20 Å². The summed E-state index contributed by atoms with van der Waals surface area (Å²) in [6.07, 6.45) is -0.276. The molecule has 0 aliphatic rings. The number of carbonyl (C=O) groups excluding carboxylic acids is 1. The average Bonchev–Trinajstić information content (AvgIpc) is 2.94. The van der Waals surface area contributed by atoms with Gasteiger partial charge in [-0.3, -0.25) is 19.4 Å². The van der Waals surface area contributed by atoms with E-state index < -0.39 is 28.9 Å². The van der Waals surface area contributed by atoms with Crippen LogP contribution in [-0.2, 0) is 18.1 Å². The molecule has 0 atom stereocenters. The van der Waals surface area contributed by atoms with E-state index in [9.17, 15) is 18.0 Å². The molecule has 0 unspecified atom stereocenters. The molecule has 0 spiro atoms. The molecule has 0 aliphatic carbocycles. The summed E-state index contributed by atoms with van der Waals surface area (Å²) in [6.45, 7) is 6.70. The van der Waals surface area contributed by atoms with Crippen molar-refractivity contribution in [3.8, 4) is 0 Å². The lowest BCUT2D eigenvalue weighted by Gasteiger charge is -2.23. The third-order valence-electron chi connectivity index (χ3n) is 3.55.